The van der Waals surface area contributed by atoms with E-state index in [1.807, 2.05) is 24.3 Å². The molecule has 8 aromatic carbocycles. The summed E-state index contributed by atoms with van der Waals surface area (Å²) in [6.07, 6.45) is 0. The van der Waals surface area contributed by atoms with Gasteiger partial charge in [0.15, 0.2) is 0 Å². The van der Waals surface area contributed by atoms with E-state index in [9.17, 15) is 5.26 Å². The molecule has 0 fully saturated rings. The maximum absolute atomic E-state index is 9.37. The summed E-state index contributed by atoms with van der Waals surface area (Å²) in [6, 6.07) is 61.9. The minimum absolute atomic E-state index is 0.652. The van der Waals surface area contributed by atoms with E-state index in [-0.39, 0.29) is 0 Å². The summed E-state index contributed by atoms with van der Waals surface area (Å²) in [6.45, 7) is 0. The van der Waals surface area contributed by atoms with Gasteiger partial charge in [0.25, 0.3) is 0 Å². The summed E-state index contributed by atoms with van der Waals surface area (Å²) in [4.78, 5) is 5.45. The van der Waals surface area contributed by atoms with Crippen LogP contribution >= 0.6 is 0 Å². The second-order valence-electron chi connectivity index (χ2n) is 12.7. The maximum Gasteiger partial charge on any atom is 0.145 e. The number of hydrogen-bond donors (Lipinski definition) is 0. The topological polar surface area (TPSA) is 46.5 Å². The Morgan fingerprint density at radius 3 is 1.80 bits per heavy atom. The maximum atomic E-state index is 9.37. The molecular weight excluding hydrogens is 609 g/mol. The molecule has 0 radical (unpaired) electrons. The Labute approximate surface area is 288 Å². The Hall–Kier alpha value is -6.96. The van der Waals surface area contributed by atoms with Crippen LogP contribution < -0.4 is 0 Å². The summed E-state index contributed by atoms with van der Waals surface area (Å²) < 4.78 is 4.61. The molecule has 2 heterocycles. The lowest BCUT2D eigenvalue weighted by Crippen LogP contribution is -1.98. The van der Waals surface area contributed by atoms with Crippen molar-refractivity contribution in [3.8, 4) is 40.0 Å². The third kappa shape index (κ3) is 4.21. The van der Waals surface area contributed by atoms with Crippen LogP contribution in [0.2, 0.25) is 0 Å². The molecule has 4 heteroatoms. The number of aromatic nitrogens is 3. The Kier molecular flexibility index (Phi) is 6.21. The van der Waals surface area contributed by atoms with Crippen LogP contribution in [0.15, 0.2) is 170 Å². The van der Waals surface area contributed by atoms with E-state index in [2.05, 4.69) is 161 Å². The molecule has 0 saturated heterocycles. The van der Waals surface area contributed by atoms with Gasteiger partial charge in [0.1, 0.15) is 5.82 Å². The lowest BCUT2D eigenvalue weighted by molar-refractivity contribution is 1.11. The van der Waals surface area contributed by atoms with Crippen molar-refractivity contribution in [3.63, 3.8) is 0 Å². The number of imidazole rings is 1. The fourth-order valence-electron chi connectivity index (χ4n) is 7.68. The summed E-state index contributed by atoms with van der Waals surface area (Å²) in [5, 5.41) is 16.5. The first-order valence-corrected chi connectivity index (χ1v) is 16.8. The molecule has 4 nitrogen and oxygen atoms in total. The van der Waals surface area contributed by atoms with Crippen LogP contribution in [-0.4, -0.2) is 14.1 Å². The second kappa shape index (κ2) is 11.1. The molecule has 232 valence electrons. The van der Waals surface area contributed by atoms with Crippen molar-refractivity contribution in [2.75, 3.05) is 0 Å². The van der Waals surface area contributed by atoms with Gasteiger partial charge in [-0.1, -0.05) is 109 Å². The molecule has 0 N–H and O–H groups in total. The first-order chi connectivity index (χ1) is 24.8. The average Bonchev–Trinajstić information content (AvgIpc) is 3.76. The molecule has 0 atom stereocenters. The van der Waals surface area contributed by atoms with E-state index < -0.39 is 0 Å². The van der Waals surface area contributed by atoms with Gasteiger partial charge in [-0.2, -0.15) is 5.26 Å². The molecule has 0 bridgehead atoms. The quantitative estimate of drug-likeness (QED) is 0.180. The van der Waals surface area contributed by atoms with Crippen molar-refractivity contribution in [2.24, 2.45) is 0 Å². The zero-order valence-corrected chi connectivity index (χ0v) is 27.0. The van der Waals surface area contributed by atoms with E-state index in [0.717, 1.165) is 61.3 Å². The fraction of sp³-hybridized carbons (Fsp3) is 0. The van der Waals surface area contributed by atoms with Gasteiger partial charge >= 0.3 is 0 Å². The average molecular weight is 637 g/mol. The van der Waals surface area contributed by atoms with Gasteiger partial charge in [-0.15, -0.1) is 0 Å². The number of para-hydroxylation sites is 2. The standard InChI is InChI=1S/C46H28N4/c47-29-30-21-24-35(25-22-30)49-42-20-9-8-17-38(42)41-28-32(23-26-43(41)49)31-11-10-12-33(27-31)46-48-44-39-18-6-4-15-36(39)37-16-5-7-19-40(37)45(44)50(46)34-13-2-1-3-14-34/h1-28H. The molecule has 0 saturated carbocycles. The van der Waals surface area contributed by atoms with Crippen LogP contribution in [0.3, 0.4) is 0 Å². The van der Waals surface area contributed by atoms with Gasteiger partial charge < -0.3 is 4.57 Å². The minimum Gasteiger partial charge on any atom is -0.309 e. The lowest BCUT2D eigenvalue weighted by Gasteiger charge is -2.13. The summed E-state index contributed by atoms with van der Waals surface area (Å²) in [5.74, 6) is 0.910. The predicted octanol–water partition coefficient (Wildman–Crippen LogP) is 11.6. The summed E-state index contributed by atoms with van der Waals surface area (Å²) in [7, 11) is 0. The van der Waals surface area contributed by atoms with Crippen LogP contribution in [0, 0.1) is 11.3 Å². The largest absolute Gasteiger partial charge is 0.309 e. The van der Waals surface area contributed by atoms with Gasteiger partial charge in [-0.05, 0) is 82.6 Å². The minimum atomic E-state index is 0.652. The lowest BCUT2D eigenvalue weighted by atomic mass is 10.00. The van der Waals surface area contributed by atoms with Crippen molar-refractivity contribution in [3.05, 3.63) is 175 Å². The highest BCUT2D eigenvalue weighted by atomic mass is 15.1. The normalized spacial score (nSPS) is 11.6. The number of benzene rings is 8. The van der Waals surface area contributed by atoms with Crippen molar-refractivity contribution < 1.29 is 0 Å². The van der Waals surface area contributed by atoms with Crippen LogP contribution in [0.25, 0.3) is 88.3 Å². The van der Waals surface area contributed by atoms with E-state index in [1.54, 1.807) is 0 Å². The predicted molar refractivity (Wildman–Crippen MR) is 206 cm³/mol. The third-order valence-corrected chi connectivity index (χ3v) is 9.93. The zero-order chi connectivity index (χ0) is 33.2. The number of fused-ring (bicyclic) bond motifs is 9. The number of nitrogens with zero attached hydrogens (tertiary/aromatic N) is 4. The van der Waals surface area contributed by atoms with Crippen molar-refractivity contribution in [1.29, 1.82) is 5.26 Å². The Morgan fingerprint density at radius 2 is 1.02 bits per heavy atom. The summed E-state index contributed by atoms with van der Waals surface area (Å²) in [5.41, 5.74) is 10.5. The van der Waals surface area contributed by atoms with Crippen molar-refractivity contribution >= 4 is 54.4 Å². The molecule has 0 aliphatic rings. The number of rotatable bonds is 4. The Balaban J connectivity index is 1.19. The van der Waals surface area contributed by atoms with E-state index in [4.69, 9.17) is 4.98 Å². The fourth-order valence-corrected chi connectivity index (χ4v) is 7.68. The Morgan fingerprint density at radius 1 is 0.420 bits per heavy atom. The zero-order valence-electron chi connectivity index (χ0n) is 27.0. The molecule has 10 aromatic rings. The smallest absolute Gasteiger partial charge is 0.145 e. The monoisotopic (exact) mass is 636 g/mol. The van der Waals surface area contributed by atoms with Gasteiger partial charge in [0, 0.05) is 38.5 Å². The SMILES string of the molecule is N#Cc1ccc(-n2c3ccccc3c3cc(-c4cccc(-c5nc6c7ccccc7c7ccccc7c6n5-c5ccccc5)c4)ccc32)cc1. The third-order valence-electron chi connectivity index (χ3n) is 9.93. The number of nitriles is 1. The number of hydrogen-bond acceptors (Lipinski definition) is 2. The highest BCUT2D eigenvalue weighted by Gasteiger charge is 2.20. The molecule has 0 aliphatic heterocycles. The molecule has 10 rings (SSSR count). The van der Waals surface area contributed by atoms with E-state index in [1.165, 1.54) is 26.9 Å². The molecule has 0 amide bonds. The van der Waals surface area contributed by atoms with Crippen LogP contribution in [-0.2, 0) is 0 Å². The Bertz CT molecular complexity index is 2980. The van der Waals surface area contributed by atoms with E-state index >= 15 is 0 Å². The first kappa shape index (κ1) is 28.1. The van der Waals surface area contributed by atoms with Gasteiger partial charge in [-0.25, -0.2) is 4.98 Å². The van der Waals surface area contributed by atoms with Crippen molar-refractivity contribution in [2.45, 2.75) is 0 Å². The highest BCUT2D eigenvalue weighted by molar-refractivity contribution is 6.24. The molecule has 2 aromatic heterocycles. The van der Waals surface area contributed by atoms with Gasteiger partial charge in [0.05, 0.1) is 33.7 Å². The van der Waals surface area contributed by atoms with Crippen molar-refractivity contribution in [1.82, 2.24) is 14.1 Å². The first-order valence-electron chi connectivity index (χ1n) is 16.8. The second-order valence-corrected chi connectivity index (χ2v) is 12.7. The van der Waals surface area contributed by atoms with Crippen LogP contribution in [0.1, 0.15) is 5.56 Å². The molecule has 0 unspecified atom stereocenters. The molecule has 50 heavy (non-hydrogen) atoms. The van der Waals surface area contributed by atoms with E-state index in [0.29, 0.717) is 5.56 Å². The summed E-state index contributed by atoms with van der Waals surface area (Å²) >= 11 is 0. The van der Waals surface area contributed by atoms with Gasteiger partial charge in [-0.3, -0.25) is 4.57 Å². The molecular formula is C46H28N4. The molecule has 0 aliphatic carbocycles. The van der Waals surface area contributed by atoms with Crippen LogP contribution in [0.4, 0.5) is 0 Å². The molecule has 0 spiro atoms. The highest BCUT2D eigenvalue weighted by Crippen LogP contribution is 2.40. The van der Waals surface area contributed by atoms with Gasteiger partial charge in [0.2, 0.25) is 0 Å². The van der Waals surface area contributed by atoms with Crippen LogP contribution in [0.5, 0.6) is 0 Å².